The molecule has 0 aliphatic heterocycles. The Morgan fingerprint density at radius 1 is 1.50 bits per heavy atom. The highest BCUT2D eigenvalue weighted by atomic mass is 35.5. The van der Waals surface area contributed by atoms with Crippen LogP contribution in [0.15, 0.2) is 18.2 Å². The van der Waals surface area contributed by atoms with E-state index in [0.717, 1.165) is 6.92 Å². The molecule has 2 nitrogen and oxygen atoms in total. The molecular formula is C9H10ClF2NO. The molecule has 0 saturated carbocycles. The van der Waals surface area contributed by atoms with Gasteiger partial charge in [-0.15, -0.1) is 0 Å². The van der Waals surface area contributed by atoms with Crippen molar-refractivity contribution in [2.45, 2.75) is 18.9 Å². The minimum absolute atomic E-state index is 0.0137. The number of aromatic hydroxyl groups is 1. The molecule has 14 heavy (non-hydrogen) atoms. The number of phenols is 1. The van der Waals surface area contributed by atoms with Crippen molar-refractivity contribution in [3.8, 4) is 5.75 Å². The maximum atomic E-state index is 12.5. The third-order valence-corrected chi connectivity index (χ3v) is 2.33. The van der Waals surface area contributed by atoms with Crippen LogP contribution >= 0.6 is 11.6 Å². The number of hydrogen-bond donors (Lipinski definition) is 2. The van der Waals surface area contributed by atoms with E-state index in [4.69, 9.17) is 17.3 Å². The molecule has 3 N–H and O–H groups in total. The Hall–Kier alpha value is -0.870. The molecule has 0 fully saturated rings. The minimum atomic E-state index is -2.77. The summed E-state index contributed by atoms with van der Waals surface area (Å²) in [5, 5.41) is 9.45. The standard InChI is InChI=1S/C9H10ClF2NO/c1-9(13,8(11)12)5-3-2-4-6(10)7(5)14/h2-4,8,14H,13H2,1H3. The van der Waals surface area contributed by atoms with E-state index in [1.807, 2.05) is 0 Å². The molecule has 78 valence electrons. The van der Waals surface area contributed by atoms with E-state index in [1.165, 1.54) is 18.2 Å². The lowest BCUT2D eigenvalue weighted by atomic mass is 9.93. The van der Waals surface area contributed by atoms with Crippen LogP contribution < -0.4 is 5.73 Å². The van der Waals surface area contributed by atoms with Gasteiger partial charge in [0.25, 0.3) is 6.43 Å². The fourth-order valence-corrected chi connectivity index (χ4v) is 1.24. The molecule has 0 spiro atoms. The van der Waals surface area contributed by atoms with Gasteiger partial charge in [-0.3, -0.25) is 0 Å². The van der Waals surface area contributed by atoms with E-state index in [9.17, 15) is 13.9 Å². The number of benzene rings is 1. The van der Waals surface area contributed by atoms with E-state index >= 15 is 0 Å². The Bertz CT molecular complexity index is 342. The fraction of sp³-hybridized carbons (Fsp3) is 0.333. The van der Waals surface area contributed by atoms with Crippen LogP contribution in [0.2, 0.25) is 5.02 Å². The average Bonchev–Trinajstić information content (AvgIpc) is 2.09. The Morgan fingerprint density at radius 2 is 2.07 bits per heavy atom. The van der Waals surface area contributed by atoms with Crippen molar-refractivity contribution in [1.29, 1.82) is 0 Å². The summed E-state index contributed by atoms with van der Waals surface area (Å²) in [7, 11) is 0. The monoisotopic (exact) mass is 221 g/mol. The molecule has 0 aliphatic rings. The number of nitrogens with two attached hydrogens (primary N) is 1. The van der Waals surface area contributed by atoms with Gasteiger partial charge in [-0.2, -0.15) is 0 Å². The molecule has 0 saturated heterocycles. The lowest BCUT2D eigenvalue weighted by molar-refractivity contribution is 0.0611. The first kappa shape index (κ1) is 11.2. The van der Waals surface area contributed by atoms with Crippen molar-refractivity contribution in [2.24, 2.45) is 5.73 Å². The molecule has 0 aromatic heterocycles. The molecule has 1 unspecified atom stereocenters. The van der Waals surface area contributed by atoms with Gasteiger partial charge in [0.05, 0.1) is 5.02 Å². The molecule has 0 aliphatic carbocycles. The molecule has 5 heteroatoms. The first-order valence-electron chi connectivity index (χ1n) is 3.92. The van der Waals surface area contributed by atoms with Crippen LogP contribution in [0.3, 0.4) is 0 Å². The fourth-order valence-electron chi connectivity index (χ4n) is 1.07. The van der Waals surface area contributed by atoms with Crippen LogP contribution in [0.4, 0.5) is 8.78 Å². The number of phenolic OH excluding ortho intramolecular Hbond substituents is 1. The van der Waals surface area contributed by atoms with Gasteiger partial charge in [0, 0.05) is 5.56 Å². The number of alkyl halides is 2. The number of hydrogen-bond acceptors (Lipinski definition) is 2. The van der Waals surface area contributed by atoms with Crippen molar-refractivity contribution in [3.63, 3.8) is 0 Å². The van der Waals surface area contributed by atoms with Crippen LogP contribution in [0, 0.1) is 0 Å². The van der Waals surface area contributed by atoms with E-state index in [2.05, 4.69) is 0 Å². The van der Waals surface area contributed by atoms with Crippen LogP contribution in [-0.4, -0.2) is 11.5 Å². The van der Waals surface area contributed by atoms with Gasteiger partial charge in [-0.05, 0) is 13.0 Å². The Kier molecular flexibility index (Phi) is 2.97. The summed E-state index contributed by atoms with van der Waals surface area (Å²) in [4.78, 5) is 0. The van der Waals surface area contributed by atoms with Crippen molar-refractivity contribution >= 4 is 11.6 Å². The zero-order valence-corrected chi connectivity index (χ0v) is 8.22. The van der Waals surface area contributed by atoms with Gasteiger partial charge in [-0.1, -0.05) is 23.7 Å². The molecule has 1 atom stereocenters. The van der Waals surface area contributed by atoms with E-state index in [0.29, 0.717) is 0 Å². The quantitative estimate of drug-likeness (QED) is 0.806. The third kappa shape index (κ3) is 1.81. The van der Waals surface area contributed by atoms with Crippen LogP contribution in [0.25, 0.3) is 0 Å². The van der Waals surface area contributed by atoms with Crippen molar-refractivity contribution in [2.75, 3.05) is 0 Å². The number of halogens is 3. The van der Waals surface area contributed by atoms with Crippen molar-refractivity contribution in [1.82, 2.24) is 0 Å². The summed E-state index contributed by atoms with van der Waals surface area (Å²) in [6.45, 7) is 1.14. The highest BCUT2D eigenvalue weighted by molar-refractivity contribution is 6.32. The van der Waals surface area contributed by atoms with Crippen LogP contribution in [0.5, 0.6) is 5.75 Å². The molecule has 0 bridgehead atoms. The Morgan fingerprint density at radius 3 is 2.57 bits per heavy atom. The molecule has 0 heterocycles. The van der Waals surface area contributed by atoms with Crippen molar-refractivity contribution in [3.05, 3.63) is 28.8 Å². The van der Waals surface area contributed by atoms with Gasteiger partial charge < -0.3 is 10.8 Å². The molecule has 0 amide bonds. The molecular weight excluding hydrogens is 212 g/mol. The summed E-state index contributed by atoms with van der Waals surface area (Å²) in [6, 6.07) is 4.19. The smallest absolute Gasteiger partial charge is 0.260 e. The van der Waals surface area contributed by atoms with E-state index in [1.54, 1.807) is 0 Å². The predicted molar refractivity (Wildman–Crippen MR) is 50.7 cm³/mol. The second kappa shape index (κ2) is 3.71. The highest BCUT2D eigenvalue weighted by Gasteiger charge is 2.35. The second-order valence-electron chi connectivity index (χ2n) is 3.22. The minimum Gasteiger partial charge on any atom is -0.506 e. The highest BCUT2D eigenvalue weighted by Crippen LogP contribution is 2.36. The third-order valence-electron chi connectivity index (χ3n) is 2.02. The maximum absolute atomic E-state index is 12.5. The normalized spacial score (nSPS) is 15.6. The summed E-state index contributed by atoms with van der Waals surface area (Å²) in [6.07, 6.45) is -2.77. The summed E-state index contributed by atoms with van der Waals surface area (Å²) in [5.41, 5.74) is 3.43. The first-order valence-corrected chi connectivity index (χ1v) is 4.30. The Labute approximate surface area is 85.3 Å². The summed E-state index contributed by atoms with van der Waals surface area (Å²) < 4.78 is 25.1. The zero-order valence-electron chi connectivity index (χ0n) is 7.47. The lowest BCUT2D eigenvalue weighted by Crippen LogP contribution is -2.40. The molecule has 1 aromatic carbocycles. The average molecular weight is 222 g/mol. The van der Waals surface area contributed by atoms with Gasteiger partial charge in [-0.25, -0.2) is 8.78 Å². The Balaban J connectivity index is 3.26. The van der Waals surface area contributed by atoms with Gasteiger partial charge >= 0.3 is 0 Å². The SMILES string of the molecule is CC(N)(c1cccc(Cl)c1O)C(F)F. The first-order chi connectivity index (χ1) is 6.37. The summed E-state index contributed by atoms with van der Waals surface area (Å²) >= 11 is 5.57. The van der Waals surface area contributed by atoms with Crippen LogP contribution in [-0.2, 0) is 5.54 Å². The largest absolute Gasteiger partial charge is 0.506 e. The maximum Gasteiger partial charge on any atom is 0.260 e. The van der Waals surface area contributed by atoms with E-state index < -0.39 is 12.0 Å². The molecule has 0 radical (unpaired) electrons. The second-order valence-corrected chi connectivity index (χ2v) is 3.63. The summed E-state index contributed by atoms with van der Waals surface area (Å²) in [5.74, 6) is -0.389. The topological polar surface area (TPSA) is 46.2 Å². The van der Waals surface area contributed by atoms with Gasteiger partial charge in [0.15, 0.2) is 0 Å². The van der Waals surface area contributed by atoms with Gasteiger partial charge in [0.1, 0.15) is 11.3 Å². The lowest BCUT2D eigenvalue weighted by Gasteiger charge is -2.25. The van der Waals surface area contributed by atoms with Crippen LogP contribution in [0.1, 0.15) is 12.5 Å². The molecule has 1 aromatic rings. The molecule has 1 rings (SSSR count). The van der Waals surface area contributed by atoms with E-state index in [-0.39, 0.29) is 16.3 Å². The number of rotatable bonds is 2. The van der Waals surface area contributed by atoms with Crippen molar-refractivity contribution < 1.29 is 13.9 Å². The number of para-hydroxylation sites is 1. The predicted octanol–water partition coefficient (Wildman–Crippen LogP) is 2.48. The van der Waals surface area contributed by atoms with Gasteiger partial charge in [0.2, 0.25) is 0 Å². The zero-order chi connectivity index (χ0) is 10.9.